The first-order valence-corrected chi connectivity index (χ1v) is 10.6. The average Bonchev–Trinajstić information content (AvgIpc) is 3.10. The molecule has 2 fully saturated rings. The van der Waals surface area contributed by atoms with E-state index in [4.69, 9.17) is 20.9 Å². The van der Waals surface area contributed by atoms with E-state index >= 15 is 0 Å². The van der Waals surface area contributed by atoms with Crippen LogP contribution in [0.3, 0.4) is 0 Å². The topological polar surface area (TPSA) is 79.6 Å². The molecule has 2 N–H and O–H groups in total. The predicted molar refractivity (Wildman–Crippen MR) is 112 cm³/mol. The fraction of sp³-hybridized carbons (Fsp3) is 0.524. The van der Waals surface area contributed by atoms with Gasteiger partial charge in [-0.15, -0.1) is 0 Å². The number of nitrogens with one attached hydrogen (secondary N) is 2. The molecule has 0 spiro atoms. The van der Waals surface area contributed by atoms with Crippen molar-refractivity contribution in [2.45, 2.75) is 50.7 Å². The first-order valence-electron chi connectivity index (χ1n) is 10.2. The number of amides is 2. The Morgan fingerprint density at radius 1 is 1.34 bits per heavy atom. The molecule has 1 aromatic carbocycles. The van der Waals surface area contributed by atoms with E-state index in [-0.39, 0.29) is 17.7 Å². The molecular weight excluding hydrogens is 392 g/mol. The van der Waals surface area contributed by atoms with Crippen LogP contribution >= 0.6 is 11.6 Å². The summed E-state index contributed by atoms with van der Waals surface area (Å²) in [6, 6.07) is 9.01. The summed E-state index contributed by atoms with van der Waals surface area (Å²) in [5.41, 5.74) is 0.701. The maximum atomic E-state index is 12.4. The summed E-state index contributed by atoms with van der Waals surface area (Å²) in [5.74, 6) is 1.24. The summed E-state index contributed by atoms with van der Waals surface area (Å²) in [6.07, 6.45) is 5.08. The Balaban J connectivity index is 1.19. The van der Waals surface area contributed by atoms with Crippen molar-refractivity contribution < 1.29 is 14.1 Å². The van der Waals surface area contributed by atoms with E-state index in [0.29, 0.717) is 10.9 Å². The molecule has 1 aliphatic carbocycles. The monoisotopic (exact) mass is 418 g/mol. The molecule has 0 unspecified atom stereocenters. The smallest absolute Gasteiger partial charge is 0.322 e. The molecule has 1 saturated heterocycles. The van der Waals surface area contributed by atoms with Gasteiger partial charge in [-0.2, -0.15) is 0 Å². The van der Waals surface area contributed by atoms with Gasteiger partial charge in [0.05, 0.1) is 5.69 Å². The normalized spacial score (nSPS) is 18.6. The molecule has 2 amide bonds. The minimum absolute atomic E-state index is 0.125. The molecule has 1 aromatic heterocycles. The number of ether oxygens (including phenoxy) is 1. The molecule has 0 radical (unpaired) electrons. The van der Waals surface area contributed by atoms with E-state index in [1.807, 2.05) is 31.2 Å². The molecular formula is C21H27ClN4O3. The Morgan fingerprint density at radius 3 is 2.72 bits per heavy atom. The van der Waals surface area contributed by atoms with Crippen LogP contribution < -0.4 is 15.4 Å². The van der Waals surface area contributed by atoms with Crippen LogP contribution in [0.5, 0.6) is 5.75 Å². The quantitative estimate of drug-likeness (QED) is 0.675. The number of aromatic nitrogens is 1. The third-order valence-electron chi connectivity index (χ3n) is 5.79. The molecule has 156 valence electrons. The van der Waals surface area contributed by atoms with Gasteiger partial charge in [-0.1, -0.05) is 23.7 Å². The lowest BCUT2D eigenvalue weighted by Gasteiger charge is -2.46. The van der Waals surface area contributed by atoms with E-state index in [1.54, 1.807) is 6.07 Å². The van der Waals surface area contributed by atoms with Crippen molar-refractivity contribution in [2.24, 2.45) is 0 Å². The number of anilines is 1. The van der Waals surface area contributed by atoms with Gasteiger partial charge in [0.15, 0.2) is 0 Å². The van der Waals surface area contributed by atoms with Gasteiger partial charge < -0.3 is 14.6 Å². The molecule has 0 bridgehead atoms. The number of urea groups is 1. The van der Waals surface area contributed by atoms with Gasteiger partial charge in [-0.25, -0.2) is 4.79 Å². The molecule has 0 atom stereocenters. The van der Waals surface area contributed by atoms with Gasteiger partial charge in [-0.05, 0) is 56.4 Å². The van der Waals surface area contributed by atoms with Crippen molar-refractivity contribution in [3.63, 3.8) is 0 Å². The van der Waals surface area contributed by atoms with Gasteiger partial charge in [0.1, 0.15) is 11.9 Å². The minimum atomic E-state index is -0.226. The Labute approximate surface area is 175 Å². The van der Waals surface area contributed by atoms with Crippen LogP contribution in [0.1, 0.15) is 38.3 Å². The highest BCUT2D eigenvalue weighted by atomic mass is 35.5. The molecule has 4 rings (SSSR count). The van der Waals surface area contributed by atoms with Crippen LogP contribution in [-0.2, 0) is 6.42 Å². The molecule has 2 aromatic rings. The second-order valence-corrected chi connectivity index (χ2v) is 8.39. The van der Waals surface area contributed by atoms with Crippen LogP contribution in [-0.4, -0.2) is 47.4 Å². The third kappa shape index (κ3) is 5.03. The molecule has 2 aliphatic rings. The van der Waals surface area contributed by atoms with Gasteiger partial charge in [0.25, 0.3) is 0 Å². The average molecular weight is 419 g/mol. The summed E-state index contributed by atoms with van der Waals surface area (Å²) in [6.45, 7) is 4.75. The predicted octanol–water partition coefficient (Wildman–Crippen LogP) is 4.09. The molecule has 1 aliphatic heterocycles. The van der Waals surface area contributed by atoms with Crippen molar-refractivity contribution >= 4 is 23.5 Å². The lowest BCUT2D eigenvalue weighted by atomic mass is 9.74. The van der Waals surface area contributed by atoms with Gasteiger partial charge in [0.2, 0.25) is 5.88 Å². The molecule has 2 heterocycles. The van der Waals surface area contributed by atoms with Crippen LogP contribution in [0.2, 0.25) is 5.02 Å². The number of carbonyl (C=O) groups excluding carboxylic acids is 1. The maximum absolute atomic E-state index is 12.4. The lowest BCUT2D eigenvalue weighted by Crippen LogP contribution is -2.59. The van der Waals surface area contributed by atoms with Crippen LogP contribution in [0, 0.1) is 0 Å². The van der Waals surface area contributed by atoms with Crippen LogP contribution in [0.15, 0.2) is 34.9 Å². The molecule has 8 heteroatoms. The minimum Gasteiger partial charge on any atom is -0.488 e. The summed E-state index contributed by atoms with van der Waals surface area (Å²) in [5, 5.41) is 10.5. The number of hydrogen-bond donors (Lipinski definition) is 2. The zero-order valence-electron chi connectivity index (χ0n) is 16.6. The zero-order valence-corrected chi connectivity index (χ0v) is 17.4. The van der Waals surface area contributed by atoms with E-state index in [2.05, 4.69) is 20.7 Å². The van der Waals surface area contributed by atoms with Crippen molar-refractivity contribution in [1.82, 2.24) is 15.4 Å². The van der Waals surface area contributed by atoms with Crippen LogP contribution in [0.25, 0.3) is 0 Å². The van der Waals surface area contributed by atoms with Crippen molar-refractivity contribution in [3.05, 3.63) is 41.0 Å². The summed E-state index contributed by atoms with van der Waals surface area (Å²) < 4.78 is 11.1. The van der Waals surface area contributed by atoms with Crippen molar-refractivity contribution in [1.29, 1.82) is 0 Å². The third-order valence-corrected chi connectivity index (χ3v) is 6.05. The van der Waals surface area contributed by atoms with E-state index in [9.17, 15) is 4.79 Å². The first kappa shape index (κ1) is 20.0. The Bertz CT molecular complexity index is 829. The second kappa shape index (κ2) is 8.63. The first-order chi connectivity index (χ1) is 14.0. The SMILES string of the molecule is CCc1cc(NC(=O)NC2(CCN3CC(Oc4ccc(Cl)cc4)C3)CCC2)on1. The Kier molecular flexibility index (Phi) is 5.96. The molecule has 29 heavy (non-hydrogen) atoms. The van der Waals surface area contributed by atoms with E-state index in [0.717, 1.165) is 63.2 Å². The second-order valence-electron chi connectivity index (χ2n) is 7.95. The maximum Gasteiger partial charge on any atom is 0.322 e. The number of rotatable bonds is 8. The Hall–Kier alpha value is -2.25. The zero-order chi connectivity index (χ0) is 20.3. The summed E-state index contributed by atoms with van der Waals surface area (Å²) >= 11 is 5.90. The van der Waals surface area contributed by atoms with E-state index in [1.165, 1.54) is 0 Å². The Morgan fingerprint density at radius 2 is 2.10 bits per heavy atom. The molecule has 7 nitrogen and oxygen atoms in total. The summed E-state index contributed by atoms with van der Waals surface area (Å²) in [4.78, 5) is 14.7. The highest BCUT2D eigenvalue weighted by Gasteiger charge is 2.40. The van der Waals surface area contributed by atoms with Gasteiger partial charge >= 0.3 is 6.03 Å². The van der Waals surface area contributed by atoms with Crippen LogP contribution in [0.4, 0.5) is 10.7 Å². The fourth-order valence-corrected chi connectivity index (χ4v) is 3.95. The number of aryl methyl sites for hydroxylation is 1. The number of benzene rings is 1. The highest BCUT2D eigenvalue weighted by molar-refractivity contribution is 6.30. The number of likely N-dealkylation sites (tertiary alicyclic amines) is 1. The molecule has 1 saturated carbocycles. The number of hydrogen-bond acceptors (Lipinski definition) is 5. The highest BCUT2D eigenvalue weighted by Crippen LogP contribution is 2.35. The number of carbonyl (C=O) groups is 1. The van der Waals surface area contributed by atoms with Gasteiger partial charge in [-0.3, -0.25) is 10.2 Å². The summed E-state index contributed by atoms with van der Waals surface area (Å²) in [7, 11) is 0. The fourth-order valence-electron chi connectivity index (χ4n) is 3.82. The van der Waals surface area contributed by atoms with Gasteiger partial charge in [0, 0.05) is 36.3 Å². The standard InChI is InChI=1S/C21H27ClN4O3/c1-2-16-12-19(29-25-16)23-20(27)24-21(8-3-9-21)10-11-26-13-18(14-26)28-17-6-4-15(22)5-7-17/h4-7,12,18H,2-3,8-11,13-14H2,1H3,(H2,23,24,27). The number of halogens is 1. The number of nitrogens with zero attached hydrogens (tertiary/aromatic N) is 2. The van der Waals surface area contributed by atoms with E-state index < -0.39 is 0 Å². The van der Waals surface area contributed by atoms with Crippen molar-refractivity contribution in [2.75, 3.05) is 25.0 Å². The van der Waals surface area contributed by atoms with Crippen molar-refractivity contribution in [3.8, 4) is 5.75 Å². The largest absolute Gasteiger partial charge is 0.488 e. The lowest BCUT2D eigenvalue weighted by molar-refractivity contribution is 0.0101.